The Balaban J connectivity index is 2.63. The van der Waals surface area contributed by atoms with E-state index in [1.165, 1.54) is 18.2 Å². The van der Waals surface area contributed by atoms with Crippen molar-refractivity contribution in [2.75, 3.05) is 0 Å². The van der Waals surface area contributed by atoms with E-state index in [9.17, 15) is 0 Å². The van der Waals surface area contributed by atoms with Crippen molar-refractivity contribution in [2.24, 2.45) is 0 Å². The highest BCUT2D eigenvalue weighted by Crippen LogP contribution is 2.13. The van der Waals surface area contributed by atoms with Crippen molar-refractivity contribution in [3.8, 4) is 5.75 Å². The third-order valence-corrected chi connectivity index (χ3v) is 1.74. The maximum atomic E-state index is 5.19. The van der Waals surface area contributed by atoms with Gasteiger partial charge in [-0.1, -0.05) is 37.8 Å². The molecule has 1 aromatic carbocycles. The Labute approximate surface area is 79.4 Å². The van der Waals surface area contributed by atoms with Gasteiger partial charge in [0.15, 0.2) is 0 Å². The standard InChI is InChI=1S/C12H14O/c1-3-5-11-6-8-12(9-7-11)13-10-4-2/h6-10H,2-3,5H2,1H3. The minimum atomic E-state index is 0.830. The zero-order valence-electron chi connectivity index (χ0n) is 7.92. The Kier molecular flexibility index (Phi) is 3.87. The van der Waals surface area contributed by atoms with Gasteiger partial charge in [-0.25, -0.2) is 0 Å². The van der Waals surface area contributed by atoms with E-state index in [-0.39, 0.29) is 0 Å². The summed E-state index contributed by atoms with van der Waals surface area (Å²) in [4.78, 5) is 0. The average Bonchev–Trinajstić information content (AvgIpc) is 2.17. The minimum absolute atomic E-state index is 0.830. The molecular weight excluding hydrogens is 160 g/mol. The van der Waals surface area contributed by atoms with Crippen molar-refractivity contribution < 1.29 is 4.74 Å². The lowest BCUT2D eigenvalue weighted by molar-refractivity contribution is 0.482. The lowest BCUT2D eigenvalue weighted by Gasteiger charge is -2.00. The summed E-state index contributed by atoms with van der Waals surface area (Å²) in [7, 11) is 0. The van der Waals surface area contributed by atoms with Crippen molar-refractivity contribution in [1.29, 1.82) is 0 Å². The summed E-state index contributed by atoms with van der Waals surface area (Å²) in [6.45, 7) is 5.59. The van der Waals surface area contributed by atoms with Gasteiger partial charge in [0.25, 0.3) is 0 Å². The Morgan fingerprint density at radius 3 is 2.62 bits per heavy atom. The van der Waals surface area contributed by atoms with E-state index in [1.807, 2.05) is 12.1 Å². The van der Waals surface area contributed by atoms with Crippen LogP contribution in [0.3, 0.4) is 0 Å². The molecular formula is C12H14O. The van der Waals surface area contributed by atoms with Crippen molar-refractivity contribution in [3.05, 3.63) is 48.4 Å². The van der Waals surface area contributed by atoms with Gasteiger partial charge in [-0.2, -0.15) is 0 Å². The maximum Gasteiger partial charge on any atom is 0.133 e. The summed E-state index contributed by atoms with van der Waals surface area (Å²) in [6.07, 6.45) is 3.75. The second-order valence-electron chi connectivity index (χ2n) is 2.83. The van der Waals surface area contributed by atoms with Gasteiger partial charge < -0.3 is 4.74 Å². The monoisotopic (exact) mass is 174 g/mol. The molecule has 1 aromatic rings. The molecule has 68 valence electrons. The molecule has 0 spiro atoms. The molecule has 0 aliphatic carbocycles. The summed E-state index contributed by atoms with van der Waals surface area (Å²) in [5.41, 5.74) is 3.90. The smallest absolute Gasteiger partial charge is 0.133 e. The zero-order chi connectivity index (χ0) is 9.52. The first kappa shape index (κ1) is 9.63. The van der Waals surface area contributed by atoms with Crippen LogP contribution in [-0.2, 0) is 6.42 Å². The largest absolute Gasteiger partial charge is 0.457 e. The maximum absolute atomic E-state index is 5.19. The summed E-state index contributed by atoms with van der Waals surface area (Å²) in [5, 5.41) is 0. The molecule has 0 amide bonds. The number of hydrogen-bond acceptors (Lipinski definition) is 1. The molecule has 1 rings (SSSR count). The molecule has 13 heavy (non-hydrogen) atoms. The zero-order valence-corrected chi connectivity index (χ0v) is 7.92. The van der Waals surface area contributed by atoms with E-state index < -0.39 is 0 Å². The fourth-order valence-corrected chi connectivity index (χ4v) is 1.13. The van der Waals surface area contributed by atoms with Gasteiger partial charge in [-0.3, -0.25) is 0 Å². The first-order chi connectivity index (χ1) is 6.36. The van der Waals surface area contributed by atoms with Gasteiger partial charge in [0, 0.05) is 0 Å². The van der Waals surface area contributed by atoms with Crippen molar-refractivity contribution >= 4 is 0 Å². The second-order valence-corrected chi connectivity index (χ2v) is 2.83. The van der Waals surface area contributed by atoms with Crippen molar-refractivity contribution in [3.63, 3.8) is 0 Å². The van der Waals surface area contributed by atoms with E-state index in [4.69, 9.17) is 4.74 Å². The van der Waals surface area contributed by atoms with E-state index in [0.29, 0.717) is 0 Å². The third-order valence-electron chi connectivity index (χ3n) is 1.74. The van der Waals surface area contributed by atoms with Crippen LogP contribution in [0.2, 0.25) is 0 Å². The summed E-state index contributed by atoms with van der Waals surface area (Å²) >= 11 is 0. The van der Waals surface area contributed by atoms with Gasteiger partial charge in [-0.15, -0.1) is 0 Å². The number of aryl methyl sites for hydroxylation is 1. The van der Waals surface area contributed by atoms with Crippen LogP contribution in [0.25, 0.3) is 0 Å². The third kappa shape index (κ3) is 3.18. The molecule has 0 atom stereocenters. The number of ether oxygens (including phenoxy) is 1. The highest BCUT2D eigenvalue weighted by atomic mass is 16.5. The lowest BCUT2D eigenvalue weighted by Crippen LogP contribution is -1.84. The molecule has 0 unspecified atom stereocenters. The Bertz CT molecular complexity index is 291. The van der Waals surface area contributed by atoms with Crippen LogP contribution in [0.5, 0.6) is 5.75 Å². The fourth-order valence-electron chi connectivity index (χ4n) is 1.13. The molecule has 0 fully saturated rings. The van der Waals surface area contributed by atoms with Gasteiger partial charge in [0.05, 0.1) is 0 Å². The van der Waals surface area contributed by atoms with Crippen LogP contribution >= 0.6 is 0 Å². The first-order valence-corrected chi connectivity index (χ1v) is 4.46. The van der Waals surface area contributed by atoms with Crippen molar-refractivity contribution in [1.82, 2.24) is 0 Å². The molecule has 1 nitrogen and oxygen atoms in total. The van der Waals surface area contributed by atoms with Crippen LogP contribution in [0, 0.1) is 0 Å². The molecule has 0 aliphatic heterocycles. The molecule has 0 N–H and O–H groups in total. The van der Waals surface area contributed by atoms with E-state index >= 15 is 0 Å². The summed E-state index contributed by atoms with van der Waals surface area (Å²) < 4.78 is 5.19. The van der Waals surface area contributed by atoms with Gasteiger partial charge in [-0.05, 0) is 24.1 Å². The van der Waals surface area contributed by atoms with Crippen LogP contribution < -0.4 is 4.74 Å². The predicted octanol–water partition coefficient (Wildman–Crippen LogP) is 3.32. The Morgan fingerprint density at radius 2 is 2.08 bits per heavy atom. The van der Waals surface area contributed by atoms with Gasteiger partial charge >= 0.3 is 0 Å². The van der Waals surface area contributed by atoms with Crippen molar-refractivity contribution in [2.45, 2.75) is 19.8 Å². The fraction of sp³-hybridized carbons (Fsp3) is 0.250. The van der Waals surface area contributed by atoms with Crippen LogP contribution in [0.4, 0.5) is 0 Å². The van der Waals surface area contributed by atoms with Crippen LogP contribution in [-0.4, -0.2) is 0 Å². The van der Waals surface area contributed by atoms with E-state index in [1.54, 1.807) is 0 Å². The number of benzene rings is 1. The highest BCUT2D eigenvalue weighted by molar-refractivity contribution is 5.27. The first-order valence-electron chi connectivity index (χ1n) is 4.46. The molecule has 0 saturated carbocycles. The molecule has 0 bridgehead atoms. The van der Waals surface area contributed by atoms with Crippen LogP contribution in [0.1, 0.15) is 18.9 Å². The predicted molar refractivity (Wildman–Crippen MR) is 54.8 cm³/mol. The average molecular weight is 174 g/mol. The van der Waals surface area contributed by atoms with E-state index in [0.717, 1.165) is 12.2 Å². The molecule has 0 aliphatic rings. The molecule has 0 aromatic heterocycles. The molecule has 0 radical (unpaired) electrons. The van der Waals surface area contributed by atoms with E-state index in [2.05, 4.69) is 31.4 Å². The molecule has 0 saturated heterocycles. The normalized spacial score (nSPS) is 9.00. The quantitative estimate of drug-likeness (QED) is 0.502. The highest BCUT2D eigenvalue weighted by Gasteiger charge is 1.92. The van der Waals surface area contributed by atoms with Gasteiger partial charge in [0.2, 0.25) is 0 Å². The Hall–Kier alpha value is -1.46. The lowest BCUT2D eigenvalue weighted by atomic mass is 10.1. The number of rotatable bonds is 4. The summed E-state index contributed by atoms with van der Waals surface area (Å²) in [6, 6.07) is 8.07. The second kappa shape index (κ2) is 5.23. The Morgan fingerprint density at radius 1 is 1.38 bits per heavy atom. The van der Waals surface area contributed by atoms with Crippen LogP contribution in [0.15, 0.2) is 42.8 Å². The topological polar surface area (TPSA) is 9.23 Å². The molecule has 0 heterocycles. The van der Waals surface area contributed by atoms with Gasteiger partial charge in [0.1, 0.15) is 12.0 Å². The minimum Gasteiger partial charge on any atom is -0.457 e. The SMILES string of the molecule is C=C=COc1ccc(CCC)cc1. The number of hydrogen-bond donors (Lipinski definition) is 0. The summed E-state index contributed by atoms with van der Waals surface area (Å²) in [5.74, 6) is 0.830. The molecule has 1 heteroatoms.